The first-order chi connectivity index (χ1) is 11.2. The second kappa shape index (κ2) is 5.40. The van der Waals surface area contributed by atoms with Gasteiger partial charge in [-0.2, -0.15) is 0 Å². The summed E-state index contributed by atoms with van der Waals surface area (Å²) < 4.78 is 13.8. The molecule has 0 aliphatic carbocycles. The van der Waals surface area contributed by atoms with E-state index in [4.69, 9.17) is 21.1 Å². The van der Waals surface area contributed by atoms with Crippen LogP contribution in [0.5, 0.6) is 11.5 Å². The SMILES string of the molecule is COc1ccc(-c2nnc3sc4cc(Cl)ccc4n23)cc1OC. The van der Waals surface area contributed by atoms with Crippen molar-refractivity contribution in [1.82, 2.24) is 14.6 Å². The van der Waals surface area contributed by atoms with Gasteiger partial charge in [0.1, 0.15) is 0 Å². The molecule has 0 N–H and O–H groups in total. The average molecular weight is 346 g/mol. The molecule has 0 saturated carbocycles. The Kier molecular flexibility index (Phi) is 3.36. The molecule has 0 amide bonds. The van der Waals surface area contributed by atoms with Gasteiger partial charge >= 0.3 is 0 Å². The van der Waals surface area contributed by atoms with Crippen LogP contribution in [0.3, 0.4) is 0 Å². The number of aromatic nitrogens is 3. The smallest absolute Gasteiger partial charge is 0.217 e. The highest BCUT2D eigenvalue weighted by Gasteiger charge is 2.16. The highest BCUT2D eigenvalue weighted by atomic mass is 35.5. The number of hydrogen-bond acceptors (Lipinski definition) is 5. The van der Waals surface area contributed by atoms with Crippen molar-refractivity contribution in [1.29, 1.82) is 0 Å². The fourth-order valence-corrected chi connectivity index (χ4v) is 3.81. The van der Waals surface area contributed by atoms with Crippen molar-refractivity contribution in [2.45, 2.75) is 0 Å². The summed E-state index contributed by atoms with van der Waals surface area (Å²) in [5, 5.41) is 9.31. The van der Waals surface area contributed by atoms with Crippen molar-refractivity contribution in [3.8, 4) is 22.9 Å². The highest BCUT2D eigenvalue weighted by molar-refractivity contribution is 7.23. The normalized spacial score (nSPS) is 11.3. The summed E-state index contributed by atoms with van der Waals surface area (Å²) >= 11 is 7.63. The Morgan fingerprint density at radius 2 is 1.83 bits per heavy atom. The van der Waals surface area contributed by atoms with Gasteiger partial charge in [-0.25, -0.2) is 0 Å². The van der Waals surface area contributed by atoms with E-state index in [-0.39, 0.29) is 0 Å². The first kappa shape index (κ1) is 14.3. The van der Waals surface area contributed by atoms with Crippen LogP contribution in [0.15, 0.2) is 36.4 Å². The van der Waals surface area contributed by atoms with Gasteiger partial charge in [-0.05, 0) is 36.4 Å². The van der Waals surface area contributed by atoms with Crippen LogP contribution in [0.4, 0.5) is 0 Å². The van der Waals surface area contributed by atoms with Crippen LogP contribution in [-0.2, 0) is 0 Å². The molecule has 0 fully saturated rings. The lowest BCUT2D eigenvalue weighted by atomic mass is 10.2. The third-order valence-corrected chi connectivity index (χ3v) is 4.87. The predicted molar refractivity (Wildman–Crippen MR) is 91.9 cm³/mol. The molecule has 116 valence electrons. The van der Waals surface area contributed by atoms with Gasteiger partial charge in [0.05, 0.1) is 24.4 Å². The minimum atomic E-state index is 0.657. The van der Waals surface area contributed by atoms with E-state index in [1.165, 1.54) is 0 Å². The van der Waals surface area contributed by atoms with Crippen LogP contribution in [0.25, 0.3) is 26.6 Å². The van der Waals surface area contributed by atoms with Crippen LogP contribution in [0.1, 0.15) is 0 Å². The number of fused-ring (bicyclic) bond motifs is 3. The Morgan fingerprint density at radius 3 is 2.61 bits per heavy atom. The Morgan fingerprint density at radius 1 is 1.00 bits per heavy atom. The maximum absolute atomic E-state index is 6.07. The van der Waals surface area contributed by atoms with Crippen LogP contribution in [0, 0.1) is 0 Å². The van der Waals surface area contributed by atoms with E-state index in [0.717, 1.165) is 26.6 Å². The predicted octanol–water partition coefficient (Wildman–Crippen LogP) is 4.28. The van der Waals surface area contributed by atoms with E-state index < -0.39 is 0 Å². The Labute approximate surface area is 141 Å². The fourth-order valence-electron chi connectivity index (χ4n) is 2.57. The number of benzene rings is 2. The van der Waals surface area contributed by atoms with Crippen LogP contribution in [0.2, 0.25) is 5.02 Å². The van der Waals surface area contributed by atoms with Crippen LogP contribution >= 0.6 is 22.9 Å². The quantitative estimate of drug-likeness (QED) is 0.556. The number of halogens is 1. The van der Waals surface area contributed by atoms with Crippen molar-refractivity contribution in [3.05, 3.63) is 41.4 Å². The van der Waals surface area contributed by atoms with Gasteiger partial charge in [0.25, 0.3) is 0 Å². The zero-order valence-electron chi connectivity index (χ0n) is 12.4. The number of hydrogen-bond donors (Lipinski definition) is 0. The molecule has 0 bridgehead atoms. The molecule has 0 atom stereocenters. The Balaban J connectivity index is 1.97. The number of methoxy groups -OCH3 is 2. The molecule has 0 spiro atoms. The Bertz CT molecular complexity index is 1020. The summed E-state index contributed by atoms with van der Waals surface area (Å²) in [6, 6.07) is 11.5. The van der Waals surface area contributed by atoms with Gasteiger partial charge < -0.3 is 9.47 Å². The van der Waals surface area contributed by atoms with Crippen LogP contribution < -0.4 is 9.47 Å². The van der Waals surface area contributed by atoms with Gasteiger partial charge in [0.15, 0.2) is 17.3 Å². The number of thiazole rings is 1. The molecule has 0 unspecified atom stereocenters. The summed E-state index contributed by atoms with van der Waals surface area (Å²) in [6.07, 6.45) is 0. The van der Waals surface area contributed by atoms with Crippen molar-refractivity contribution in [2.75, 3.05) is 14.2 Å². The molecule has 0 aliphatic heterocycles. The maximum Gasteiger partial charge on any atom is 0.217 e. The second-order valence-electron chi connectivity index (χ2n) is 4.93. The van der Waals surface area contributed by atoms with Gasteiger partial charge in [-0.3, -0.25) is 4.40 Å². The molecule has 2 aromatic heterocycles. The van der Waals surface area contributed by atoms with Gasteiger partial charge in [-0.1, -0.05) is 22.9 Å². The summed E-state index contributed by atoms with van der Waals surface area (Å²) in [4.78, 5) is 0.826. The molecule has 23 heavy (non-hydrogen) atoms. The van der Waals surface area contributed by atoms with Crippen LogP contribution in [-0.4, -0.2) is 28.8 Å². The molecular weight excluding hydrogens is 334 g/mol. The van der Waals surface area contributed by atoms with E-state index in [1.54, 1.807) is 25.6 Å². The van der Waals surface area contributed by atoms with E-state index in [1.807, 2.05) is 40.8 Å². The summed E-state index contributed by atoms with van der Waals surface area (Å²) in [6.45, 7) is 0. The molecule has 5 nitrogen and oxygen atoms in total. The summed E-state index contributed by atoms with van der Waals surface area (Å²) in [5.74, 6) is 2.10. The van der Waals surface area contributed by atoms with Gasteiger partial charge in [0.2, 0.25) is 4.96 Å². The molecule has 7 heteroatoms. The molecule has 2 aromatic carbocycles. The molecule has 2 heterocycles. The topological polar surface area (TPSA) is 48.7 Å². The van der Waals surface area contributed by atoms with Crippen molar-refractivity contribution in [2.24, 2.45) is 0 Å². The maximum atomic E-state index is 6.07. The van der Waals surface area contributed by atoms with E-state index in [0.29, 0.717) is 16.5 Å². The van der Waals surface area contributed by atoms with Crippen molar-refractivity contribution in [3.63, 3.8) is 0 Å². The third kappa shape index (κ3) is 2.22. The van der Waals surface area contributed by atoms with Gasteiger partial charge in [0, 0.05) is 10.6 Å². The minimum Gasteiger partial charge on any atom is -0.493 e. The first-order valence-corrected chi connectivity index (χ1v) is 8.06. The lowest BCUT2D eigenvalue weighted by molar-refractivity contribution is 0.355. The Hall–Kier alpha value is -2.31. The average Bonchev–Trinajstić information content (AvgIpc) is 3.12. The monoisotopic (exact) mass is 345 g/mol. The van der Waals surface area contributed by atoms with Gasteiger partial charge in [-0.15, -0.1) is 10.2 Å². The van der Waals surface area contributed by atoms with E-state index in [9.17, 15) is 0 Å². The molecule has 4 rings (SSSR count). The number of nitrogens with zero attached hydrogens (tertiary/aromatic N) is 3. The molecule has 0 saturated heterocycles. The standard InChI is InChI=1S/C16H12ClN3O2S/c1-21-12-6-3-9(7-13(12)22-2)15-18-19-16-20(15)11-5-4-10(17)8-14(11)23-16/h3-8H,1-2H3. The highest BCUT2D eigenvalue weighted by Crippen LogP contribution is 2.35. The lowest BCUT2D eigenvalue weighted by Gasteiger charge is -2.08. The van der Waals surface area contributed by atoms with Crippen molar-refractivity contribution >= 4 is 38.1 Å². The fraction of sp³-hybridized carbons (Fsp3) is 0.125. The van der Waals surface area contributed by atoms with Crippen molar-refractivity contribution < 1.29 is 9.47 Å². The zero-order valence-corrected chi connectivity index (χ0v) is 14.0. The van der Waals surface area contributed by atoms with E-state index >= 15 is 0 Å². The summed E-state index contributed by atoms with van der Waals surface area (Å²) in [5.41, 5.74) is 1.94. The minimum absolute atomic E-state index is 0.657. The first-order valence-electron chi connectivity index (χ1n) is 6.87. The molecular formula is C16H12ClN3O2S. The second-order valence-corrected chi connectivity index (χ2v) is 6.37. The molecule has 4 aromatic rings. The lowest BCUT2D eigenvalue weighted by Crippen LogP contribution is -1.93. The zero-order chi connectivity index (χ0) is 16.0. The molecule has 0 radical (unpaired) electrons. The third-order valence-electron chi connectivity index (χ3n) is 3.64. The summed E-state index contributed by atoms with van der Waals surface area (Å²) in [7, 11) is 3.23. The largest absolute Gasteiger partial charge is 0.493 e. The van der Waals surface area contributed by atoms with E-state index in [2.05, 4.69) is 10.2 Å². The molecule has 0 aliphatic rings. The number of ether oxygens (including phenoxy) is 2. The number of rotatable bonds is 3.